The van der Waals surface area contributed by atoms with Crippen LogP contribution in [-0.2, 0) is 16.0 Å². The topological polar surface area (TPSA) is 100 Å². The molecule has 30 heavy (non-hydrogen) atoms. The number of nitrogens with one attached hydrogen (secondary N) is 2. The summed E-state index contributed by atoms with van der Waals surface area (Å²) in [5.74, 6) is -4.18. The Morgan fingerprint density at radius 3 is 2.40 bits per heavy atom. The predicted octanol–water partition coefficient (Wildman–Crippen LogP) is 3.88. The molecule has 1 amide bonds. The average Bonchev–Trinajstić information content (AvgIpc) is 2.66. The fourth-order valence-corrected chi connectivity index (χ4v) is 2.28. The van der Waals surface area contributed by atoms with Crippen molar-refractivity contribution in [1.82, 2.24) is 0 Å². The van der Waals surface area contributed by atoms with Crippen LogP contribution in [0.3, 0.4) is 0 Å². The fraction of sp³-hybridized carbons (Fsp3) is 0.278. The zero-order valence-electron chi connectivity index (χ0n) is 15.6. The Balaban J connectivity index is 2.15. The quantitative estimate of drug-likeness (QED) is 0.299. The molecule has 2 aromatic carbocycles. The molecule has 2 rings (SSSR count). The molecule has 0 aliphatic rings. The van der Waals surface area contributed by atoms with E-state index in [1.54, 1.807) is 5.48 Å². The second-order valence-corrected chi connectivity index (χ2v) is 6.48. The van der Waals surface area contributed by atoms with Crippen molar-refractivity contribution in [3.63, 3.8) is 0 Å². The van der Waals surface area contributed by atoms with Gasteiger partial charge in [0.05, 0.1) is 11.3 Å². The zero-order valence-corrected chi connectivity index (χ0v) is 15.6. The van der Waals surface area contributed by atoms with Crippen molar-refractivity contribution in [1.29, 1.82) is 0 Å². The van der Waals surface area contributed by atoms with Gasteiger partial charge in [0.1, 0.15) is 6.61 Å². The van der Waals surface area contributed by atoms with Crippen molar-refractivity contribution in [2.75, 3.05) is 17.4 Å². The zero-order chi connectivity index (χ0) is 22.7. The van der Waals surface area contributed by atoms with Crippen LogP contribution >= 0.6 is 0 Å². The lowest BCUT2D eigenvalue weighted by molar-refractivity contribution is -0.216. The number of aliphatic hydroxyl groups is 1. The Kier molecular flexibility index (Phi) is 6.85. The molecule has 12 heteroatoms. The Morgan fingerprint density at radius 2 is 1.80 bits per heavy atom. The largest absolute Gasteiger partial charge is 0.487 e. The highest BCUT2D eigenvalue weighted by atomic mass is 19.4. The summed E-state index contributed by atoms with van der Waals surface area (Å²) < 4.78 is 71.7. The Hall–Kier alpha value is -2.96. The highest BCUT2D eigenvalue weighted by Crippen LogP contribution is 2.36. The molecule has 2 aromatic rings. The number of ether oxygens (including phenoxy) is 1. The second-order valence-electron chi connectivity index (χ2n) is 6.48. The maximum Gasteiger partial charge on any atom is 0.418 e. The molecule has 0 aliphatic heterocycles. The predicted molar refractivity (Wildman–Crippen MR) is 94.6 cm³/mol. The molecule has 0 saturated heterocycles. The Morgan fingerprint density at radius 1 is 1.13 bits per heavy atom. The third kappa shape index (κ3) is 5.34. The van der Waals surface area contributed by atoms with Crippen LogP contribution in [-0.4, -0.2) is 28.5 Å². The minimum absolute atomic E-state index is 0.0226. The minimum atomic E-state index is -4.86. The SMILES string of the molecule is Cc1ccc(OC[C@](C)(O)C(=O)Nc2ccc(NOO)c(C(F)(F)F)c2)c(F)c1F. The minimum Gasteiger partial charge on any atom is -0.487 e. The second kappa shape index (κ2) is 8.81. The van der Waals surface area contributed by atoms with E-state index in [-0.39, 0.29) is 11.3 Å². The van der Waals surface area contributed by atoms with Crippen molar-refractivity contribution in [2.24, 2.45) is 0 Å². The van der Waals surface area contributed by atoms with Gasteiger partial charge in [-0.3, -0.25) is 4.79 Å². The summed E-state index contributed by atoms with van der Waals surface area (Å²) in [7, 11) is 0. The van der Waals surface area contributed by atoms with Gasteiger partial charge in [0.2, 0.25) is 5.82 Å². The number of carbonyl (C=O) groups excluding carboxylic acids is 1. The average molecular weight is 436 g/mol. The number of halogens is 5. The lowest BCUT2D eigenvalue weighted by Crippen LogP contribution is -2.45. The monoisotopic (exact) mass is 436 g/mol. The summed E-state index contributed by atoms with van der Waals surface area (Å²) in [4.78, 5) is 15.7. The molecule has 164 valence electrons. The summed E-state index contributed by atoms with van der Waals surface area (Å²) >= 11 is 0. The van der Waals surface area contributed by atoms with Crippen molar-refractivity contribution in [3.05, 3.63) is 53.1 Å². The normalized spacial score (nSPS) is 13.5. The first-order valence-corrected chi connectivity index (χ1v) is 8.25. The molecule has 0 aromatic heterocycles. The first-order chi connectivity index (χ1) is 13.9. The van der Waals surface area contributed by atoms with Gasteiger partial charge in [-0.05, 0) is 43.7 Å². The smallest absolute Gasteiger partial charge is 0.418 e. The molecule has 0 spiro atoms. The van der Waals surface area contributed by atoms with Crippen LogP contribution in [0.4, 0.5) is 33.3 Å². The van der Waals surface area contributed by atoms with Crippen molar-refractivity contribution in [3.8, 4) is 5.75 Å². The van der Waals surface area contributed by atoms with Gasteiger partial charge >= 0.3 is 6.18 Å². The van der Waals surface area contributed by atoms with Gasteiger partial charge in [0, 0.05) is 5.69 Å². The molecule has 7 nitrogen and oxygen atoms in total. The molecular formula is C18H17F5N2O5. The molecule has 4 N–H and O–H groups in total. The summed E-state index contributed by atoms with van der Waals surface area (Å²) in [5.41, 5.74) is -2.90. The molecule has 1 atom stereocenters. The number of hydrogen-bond acceptors (Lipinski definition) is 6. The number of anilines is 2. The van der Waals surface area contributed by atoms with E-state index in [9.17, 15) is 31.9 Å². The van der Waals surface area contributed by atoms with Crippen LogP contribution in [0.1, 0.15) is 18.1 Å². The highest BCUT2D eigenvalue weighted by molar-refractivity contribution is 5.97. The van der Waals surface area contributed by atoms with Crippen LogP contribution in [0.5, 0.6) is 5.75 Å². The van der Waals surface area contributed by atoms with E-state index in [1.807, 2.05) is 0 Å². The van der Waals surface area contributed by atoms with Crippen LogP contribution in [0.2, 0.25) is 0 Å². The van der Waals surface area contributed by atoms with Crippen LogP contribution in [0, 0.1) is 18.6 Å². The number of aryl methyl sites for hydroxylation is 1. The van der Waals surface area contributed by atoms with Gasteiger partial charge in [-0.25, -0.2) is 15.1 Å². The maximum absolute atomic E-state index is 13.8. The van der Waals surface area contributed by atoms with Crippen LogP contribution < -0.4 is 15.5 Å². The molecule has 0 fully saturated rings. The van der Waals surface area contributed by atoms with Gasteiger partial charge in [0.25, 0.3) is 5.91 Å². The fourth-order valence-electron chi connectivity index (χ4n) is 2.28. The van der Waals surface area contributed by atoms with Gasteiger partial charge in [-0.15, -0.1) is 4.99 Å². The van der Waals surface area contributed by atoms with Gasteiger partial charge in [-0.2, -0.15) is 17.6 Å². The summed E-state index contributed by atoms with van der Waals surface area (Å²) in [6.45, 7) is 1.49. The Labute approximate surface area is 166 Å². The van der Waals surface area contributed by atoms with Gasteiger partial charge in [-0.1, -0.05) is 6.07 Å². The summed E-state index contributed by atoms with van der Waals surface area (Å²) in [5, 5.41) is 20.6. The van der Waals surface area contributed by atoms with Crippen molar-refractivity contribution >= 4 is 17.3 Å². The van der Waals surface area contributed by atoms with Gasteiger partial charge in [0.15, 0.2) is 17.2 Å². The summed E-state index contributed by atoms with van der Waals surface area (Å²) in [6, 6.07) is 4.77. The molecule has 0 bridgehead atoms. The molecule has 0 aliphatic carbocycles. The van der Waals surface area contributed by atoms with E-state index in [1.165, 1.54) is 13.0 Å². The van der Waals surface area contributed by atoms with E-state index >= 15 is 0 Å². The first kappa shape index (κ1) is 23.3. The number of carbonyl (C=O) groups is 1. The van der Waals surface area contributed by atoms with E-state index in [2.05, 4.69) is 10.3 Å². The molecule has 0 unspecified atom stereocenters. The lowest BCUT2D eigenvalue weighted by atomic mass is 10.1. The van der Waals surface area contributed by atoms with Crippen molar-refractivity contribution in [2.45, 2.75) is 25.6 Å². The van der Waals surface area contributed by atoms with Crippen LogP contribution in [0.15, 0.2) is 30.3 Å². The third-order valence-corrected chi connectivity index (χ3v) is 3.98. The summed E-state index contributed by atoms with van der Waals surface area (Å²) in [6.07, 6.45) is -4.86. The van der Waals surface area contributed by atoms with E-state index < -0.39 is 52.9 Å². The van der Waals surface area contributed by atoms with Crippen LogP contribution in [0.25, 0.3) is 0 Å². The number of alkyl halides is 3. The van der Waals surface area contributed by atoms with Crippen molar-refractivity contribution < 1.29 is 46.8 Å². The maximum atomic E-state index is 13.8. The number of amides is 1. The van der Waals surface area contributed by atoms with E-state index in [0.717, 1.165) is 25.1 Å². The lowest BCUT2D eigenvalue weighted by Gasteiger charge is -2.23. The standard InChI is InChI=1S/C18H17F5N2O5/c1-9-3-6-13(15(20)14(9)19)29-8-17(2,27)16(26)24-10-4-5-12(25-30-28)11(7-10)18(21,22)23/h3-7,25,27-28H,8H2,1-2H3,(H,24,26)/t17-/m0/s1. The third-order valence-electron chi connectivity index (χ3n) is 3.98. The van der Waals surface area contributed by atoms with Gasteiger partial charge < -0.3 is 15.2 Å². The van der Waals surface area contributed by atoms with E-state index in [0.29, 0.717) is 6.07 Å². The molecule has 0 heterocycles. The van der Waals surface area contributed by atoms with E-state index in [4.69, 9.17) is 9.99 Å². The first-order valence-electron chi connectivity index (χ1n) is 8.25. The number of rotatable bonds is 7. The number of hydrogen-bond donors (Lipinski definition) is 4. The molecular weight excluding hydrogens is 419 g/mol. The Bertz CT molecular complexity index is 934. The number of benzene rings is 2. The molecule has 0 radical (unpaired) electrons. The molecule has 0 saturated carbocycles. The highest BCUT2D eigenvalue weighted by Gasteiger charge is 2.36.